The highest BCUT2D eigenvalue weighted by Gasteiger charge is 2.28. The van der Waals surface area contributed by atoms with Gasteiger partial charge in [-0.1, -0.05) is 40.5 Å². The number of hydrogen-bond acceptors (Lipinski definition) is 4. The van der Waals surface area contributed by atoms with Crippen LogP contribution < -0.4 is 10.9 Å². The highest BCUT2D eigenvalue weighted by atomic mass is 32.1. The zero-order chi connectivity index (χ0) is 20.7. The van der Waals surface area contributed by atoms with Crippen molar-refractivity contribution in [1.29, 1.82) is 0 Å². The number of carbonyl (C=O) groups excluding carboxylic acids is 1. The molecule has 1 fully saturated rings. The summed E-state index contributed by atoms with van der Waals surface area (Å²) in [6.45, 7) is 8.59. The fourth-order valence-electron chi connectivity index (χ4n) is 4.52. The van der Waals surface area contributed by atoms with E-state index >= 15 is 0 Å². The van der Waals surface area contributed by atoms with Crippen molar-refractivity contribution in [2.24, 2.45) is 11.8 Å². The number of fused-ring (bicyclic) bond motifs is 3. The molecule has 0 bridgehead atoms. The van der Waals surface area contributed by atoms with Crippen molar-refractivity contribution in [2.75, 3.05) is 0 Å². The zero-order valence-electron chi connectivity index (χ0n) is 17.7. The molecule has 0 saturated heterocycles. The van der Waals surface area contributed by atoms with Crippen LogP contribution in [-0.4, -0.2) is 26.1 Å². The van der Waals surface area contributed by atoms with Gasteiger partial charge in [0.2, 0.25) is 5.91 Å². The molecule has 156 valence electrons. The van der Waals surface area contributed by atoms with Gasteiger partial charge in [0.1, 0.15) is 17.9 Å². The third-order valence-electron chi connectivity index (χ3n) is 6.50. The maximum absolute atomic E-state index is 13.1. The van der Waals surface area contributed by atoms with Crippen LogP contribution in [0.25, 0.3) is 15.7 Å². The first-order valence-electron chi connectivity index (χ1n) is 10.8. The molecule has 1 saturated carbocycles. The van der Waals surface area contributed by atoms with E-state index in [1.54, 1.807) is 11.3 Å². The van der Waals surface area contributed by atoms with Gasteiger partial charge in [0.05, 0.1) is 10.2 Å². The second-order valence-electron chi connectivity index (χ2n) is 8.35. The fourth-order valence-corrected chi connectivity index (χ4v) is 5.55. The first-order valence-corrected chi connectivity index (χ1v) is 11.6. The van der Waals surface area contributed by atoms with Gasteiger partial charge in [-0.2, -0.15) is 5.10 Å². The van der Waals surface area contributed by atoms with Gasteiger partial charge in [-0.25, -0.2) is 4.68 Å². The molecule has 1 amide bonds. The lowest BCUT2D eigenvalue weighted by Crippen LogP contribution is -2.46. The molecule has 1 N–H and O–H groups in total. The zero-order valence-corrected chi connectivity index (χ0v) is 18.5. The number of amides is 1. The van der Waals surface area contributed by atoms with Gasteiger partial charge in [0, 0.05) is 17.3 Å². The molecule has 4 rings (SSSR count). The lowest BCUT2D eigenvalue weighted by atomic mass is 9.78. The summed E-state index contributed by atoms with van der Waals surface area (Å²) in [5.74, 6) is 1.75. The highest BCUT2D eigenvalue weighted by Crippen LogP contribution is 2.30. The van der Waals surface area contributed by atoms with Crippen LogP contribution in [0, 0.1) is 11.8 Å². The number of aryl methyl sites for hydroxylation is 2. The van der Waals surface area contributed by atoms with E-state index in [-0.39, 0.29) is 24.1 Å². The van der Waals surface area contributed by atoms with E-state index < -0.39 is 0 Å². The number of nitrogens with zero attached hydrogens (tertiary/aromatic N) is 3. The van der Waals surface area contributed by atoms with Crippen molar-refractivity contribution in [3.05, 3.63) is 33.2 Å². The summed E-state index contributed by atoms with van der Waals surface area (Å²) in [5, 5.41) is 7.71. The Labute approximate surface area is 174 Å². The van der Waals surface area contributed by atoms with Crippen molar-refractivity contribution in [3.63, 3.8) is 0 Å². The third-order valence-corrected chi connectivity index (χ3v) is 7.72. The number of carbonyl (C=O) groups is 1. The van der Waals surface area contributed by atoms with Gasteiger partial charge in [-0.15, -0.1) is 11.3 Å². The number of aromatic nitrogens is 3. The normalized spacial score (nSPS) is 22.4. The summed E-state index contributed by atoms with van der Waals surface area (Å²) in [6.07, 6.45) is 5.04. The molecule has 1 aliphatic rings. The Bertz CT molecular complexity index is 1110. The van der Waals surface area contributed by atoms with E-state index in [1.165, 1.54) is 16.0 Å². The van der Waals surface area contributed by atoms with Crippen molar-refractivity contribution in [1.82, 2.24) is 19.5 Å². The van der Waals surface area contributed by atoms with Crippen LogP contribution >= 0.6 is 11.3 Å². The molecule has 3 heterocycles. The average Bonchev–Trinajstić information content (AvgIpc) is 3.25. The molecule has 1 aliphatic carbocycles. The summed E-state index contributed by atoms with van der Waals surface area (Å²) in [4.78, 5) is 27.1. The predicted molar refractivity (Wildman–Crippen MR) is 118 cm³/mol. The minimum atomic E-state index is -0.205. The van der Waals surface area contributed by atoms with E-state index in [4.69, 9.17) is 0 Å². The fraction of sp³-hybridized carbons (Fsp3) is 0.591. The first kappa shape index (κ1) is 20.1. The molecular formula is C22H30N4O2S. The monoisotopic (exact) mass is 414 g/mol. The second kappa shape index (κ2) is 7.94. The van der Waals surface area contributed by atoms with E-state index in [9.17, 15) is 9.59 Å². The van der Waals surface area contributed by atoms with Gasteiger partial charge < -0.3 is 5.32 Å². The van der Waals surface area contributed by atoms with Crippen molar-refractivity contribution in [2.45, 2.75) is 72.4 Å². The highest BCUT2D eigenvalue weighted by molar-refractivity contribution is 7.19. The van der Waals surface area contributed by atoms with E-state index in [0.717, 1.165) is 35.3 Å². The molecule has 3 atom stereocenters. The van der Waals surface area contributed by atoms with E-state index in [0.29, 0.717) is 23.8 Å². The maximum Gasteiger partial charge on any atom is 0.291 e. The molecule has 3 aromatic rings. The topological polar surface area (TPSA) is 68.4 Å². The van der Waals surface area contributed by atoms with Gasteiger partial charge >= 0.3 is 0 Å². The van der Waals surface area contributed by atoms with Crippen LogP contribution in [0.1, 0.15) is 57.7 Å². The van der Waals surface area contributed by atoms with Gasteiger partial charge in [-0.3, -0.25) is 14.0 Å². The number of thiophene rings is 1. The standard InChI is InChI=1S/C22H30N4O2S/c1-5-15-10-17-19(29-15)11-18-22(28)25(24-20(6-2)26(17)18)12-21(27)23-16-9-7-8-13(3)14(16)4/h10-11,13-14,16H,5-9,12H2,1-4H3,(H,23,27)/t13-,14+,16+/m0/s1. The minimum absolute atomic E-state index is 0.0288. The SMILES string of the molecule is CCc1cc2c(cc3c(=O)n(CC(=O)N[C@@H]4CCC[C@H](C)[C@H]4C)nc(CC)n32)s1. The van der Waals surface area contributed by atoms with Crippen LogP contribution in [0.15, 0.2) is 16.9 Å². The van der Waals surface area contributed by atoms with Crippen molar-refractivity contribution >= 4 is 33.0 Å². The predicted octanol–water partition coefficient (Wildman–Crippen LogP) is 3.78. The smallest absolute Gasteiger partial charge is 0.291 e. The van der Waals surface area contributed by atoms with E-state index in [2.05, 4.69) is 37.3 Å². The number of rotatable bonds is 5. The third kappa shape index (κ3) is 3.61. The molecule has 3 aromatic heterocycles. The molecule has 0 aliphatic heterocycles. The molecule has 0 aromatic carbocycles. The Kier molecular flexibility index (Phi) is 5.51. The Hall–Kier alpha value is -2.15. The van der Waals surface area contributed by atoms with Gasteiger partial charge in [0.25, 0.3) is 5.56 Å². The lowest BCUT2D eigenvalue weighted by Gasteiger charge is -2.34. The van der Waals surface area contributed by atoms with Gasteiger partial charge in [0.15, 0.2) is 0 Å². The van der Waals surface area contributed by atoms with Crippen molar-refractivity contribution < 1.29 is 4.79 Å². The molecular weight excluding hydrogens is 384 g/mol. The van der Waals surface area contributed by atoms with Crippen molar-refractivity contribution in [3.8, 4) is 0 Å². The molecule has 6 nitrogen and oxygen atoms in total. The Morgan fingerprint density at radius 1 is 1.21 bits per heavy atom. The second-order valence-corrected chi connectivity index (χ2v) is 9.52. The molecule has 0 spiro atoms. The Morgan fingerprint density at radius 2 is 2.00 bits per heavy atom. The Balaban J connectivity index is 1.64. The first-order chi connectivity index (χ1) is 13.9. The minimum Gasteiger partial charge on any atom is -0.351 e. The number of hydrogen-bond donors (Lipinski definition) is 1. The molecule has 0 unspecified atom stereocenters. The molecule has 0 radical (unpaired) electrons. The molecule has 7 heteroatoms. The number of nitrogens with one attached hydrogen (secondary N) is 1. The lowest BCUT2D eigenvalue weighted by molar-refractivity contribution is -0.123. The molecule has 29 heavy (non-hydrogen) atoms. The average molecular weight is 415 g/mol. The quantitative estimate of drug-likeness (QED) is 0.691. The Morgan fingerprint density at radius 3 is 2.72 bits per heavy atom. The summed E-state index contributed by atoms with van der Waals surface area (Å²) in [5.41, 5.74) is 1.45. The van der Waals surface area contributed by atoms with Crippen LogP contribution in [0.3, 0.4) is 0 Å². The van der Waals surface area contributed by atoms with E-state index in [1.807, 2.05) is 17.4 Å². The maximum atomic E-state index is 13.1. The summed E-state index contributed by atoms with van der Waals surface area (Å²) >= 11 is 1.72. The van der Waals surface area contributed by atoms with Crippen LogP contribution in [0.4, 0.5) is 0 Å². The summed E-state index contributed by atoms with van der Waals surface area (Å²) in [7, 11) is 0. The summed E-state index contributed by atoms with van der Waals surface area (Å²) < 4.78 is 4.40. The largest absolute Gasteiger partial charge is 0.351 e. The van der Waals surface area contributed by atoms with Crippen LogP contribution in [0.5, 0.6) is 0 Å². The van der Waals surface area contributed by atoms with Crippen LogP contribution in [0.2, 0.25) is 0 Å². The summed E-state index contributed by atoms with van der Waals surface area (Å²) in [6, 6.07) is 4.28. The van der Waals surface area contributed by atoms with Gasteiger partial charge in [-0.05, 0) is 36.8 Å². The van der Waals surface area contributed by atoms with Crippen LogP contribution in [-0.2, 0) is 24.2 Å².